The Morgan fingerprint density at radius 3 is 2.31 bits per heavy atom. The van der Waals surface area contributed by atoms with E-state index in [4.69, 9.17) is 5.10 Å². The third kappa shape index (κ3) is 4.56. The van der Waals surface area contributed by atoms with E-state index in [-0.39, 0.29) is 12.1 Å². The summed E-state index contributed by atoms with van der Waals surface area (Å²) >= 11 is 0. The van der Waals surface area contributed by atoms with Gasteiger partial charge in [0.25, 0.3) is 0 Å². The molecule has 1 atom stereocenters. The maximum Gasteiger partial charge on any atom is 0.318 e. The minimum absolute atomic E-state index is 0.118. The Morgan fingerprint density at radius 1 is 0.923 bits per heavy atom. The molecule has 7 heteroatoms. The van der Waals surface area contributed by atoms with Crippen LogP contribution in [-0.2, 0) is 13.1 Å². The minimum Gasteiger partial charge on any atom is -0.378 e. The fourth-order valence-electron chi connectivity index (χ4n) is 5.33. The summed E-state index contributed by atoms with van der Waals surface area (Å²) in [7, 11) is 4.06. The summed E-state index contributed by atoms with van der Waals surface area (Å²) in [6.45, 7) is 2.91. The van der Waals surface area contributed by atoms with Gasteiger partial charge in [-0.3, -0.25) is 0 Å². The molecule has 0 bridgehead atoms. The van der Waals surface area contributed by atoms with Crippen molar-refractivity contribution in [2.24, 2.45) is 0 Å². The summed E-state index contributed by atoms with van der Waals surface area (Å²) in [6, 6.07) is 32.4. The lowest BCUT2D eigenvalue weighted by atomic mass is 10.0. The Morgan fingerprint density at radius 2 is 1.62 bits per heavy atom. The van der Waals surface area contributed by atoms with Crippen LogP contribution in [0.4, 0.5) is 10.5 Å². The number of urea groups is 1. The fraction of sp³-hybridized carbons (Fsp3) is 0.188. The molecule has 196 valence electrons. The van der Waals surface area contributed by atoms with E-state index >= 15 is 0 Å². The Balaban J connectivity index is 1.48. The number of aryl methyl sites for hydroxylation is 1. The van der Waals surface area contributed by atoms with Gasteiger partial charge < -0.3 is 19.7 Å². The highest BCUT2D eigenvalue weighted by atomic mass is 16.2. The normalized spacial score (nSPS) is 14.3. The van der Waals surface area contributed by atoms with Gasteiger partial charge in [-0.25, -0.2) is 9.48 Å². The molecule has 5 aromatic rings. The van der Waals surface area contributed by atoms with E-state index in [2.05, 4.69) is 63.4 Å². The number of nitrogens with zero attached hydrogens (tertiary/aromatic N) is 5. The molecule has 0 radical (unpaired) electrons. The molecule has 3 heterocycles. The van der Waals surface area contributed by atoms with Gasteiger partial charge in [-0.2, -0.15) is 5.10 Å². The van der Waals surface area contributed by atoms with Crippen LogP contribution < -0.4 is 10.2 Å². The van der Waals surface area contributed by atoms with E-state index in [1.807, 2.05) is 85.2 Å². The first-order chi connectivity index (χ1) is 19.0. The number of amides is 2. The van der Waals surface area contributed by atoms with Crippen molar-refractivity contribution < 1.29 is 4.79 Å². The molecule has 6 rings (SSSR count). The largest absolute Gasteiger partial charge is 0.378 e. The molecule has 2 aromatic heterocycles. The summed E-state index contributed by atoms with van der Waals surface area (Å²) in [6.07, 6.45) is 2.07. The molecule has 2 amide bonds. The SMILES string of the molecule is Cc1nn(-c2ccccc2)c2c1CN(C(=O)NCc1ccccc1)[C@@H](c1ccc(N(C)C)cc1)c1cccn1-2. The number of hydrogen-bond donors (Lipinski definition) is 1. The van der Waals surface area contributed by atoms with Gasteiger partial charge in [0, 0.05) is 38.1 Å². The molecule has 0 saturated carbocycles. The number of benzene rings is 3. The maximum atomic E-state index is 14.0. The van der Waals surface area contributed by atoms with Gasteiger partial charge in [0.15, 0.2) is 0 Å². The molecule has 1 aliphatic heterocycles. The number of aromatic nitrogens is 3. The van der Waals surface area contributed by atoms with E-state index < -0.39 is 0 Å². The van der Waals surface area contributed by atoms with Gasteiger partial charge >= 0.3 is 6.03 Å². The monoisotopic (exact) mass is 516 g/mol. The van der Waals surface area contributed by atoms with Gasteiger partial charge in [-0.15, -0.1) is 0 Å². The first kappa shape index (κ1) is 24.6. The minimum atomic E-state index is -0.289. The summed E-state index contributed by atoms with van der Waals surface area (Å²) in [5, 5.41) is 8.11. The Labute approximate surface area is 228 Å². The van der Waals surface area contributed by atoms with E-state index in [1.54, 1.807) is 0 Å². The molecule has 3 aromatic carbocycles. The first-order valence-corrected chi connectivity index (χ1v) is 13.2. The van der Waals surface area contributed by atoms with E-state index in [0.29, 0.717) is 13.1 Å². The zero-order chi connectivity index (χ0) is 26.9. The number of hydrogen-bond acceptors (Lipinski definition) is 3. The number of para-hydroxylation sites is 1. The highest BCUT2D eigenvalue weighted by Crippen LogP contribution is 2.38. The molecule has 0 spiro atoms. The Kier molecular flexibility index (Phi) is 6.40. The molecule has 0 saturated heterocycles. The second-order valence-electron chi connectivity index (χ2n) is 10.1. The molecule has 0 unspecified atom stereocenters. The van der Waals surface area contributed by atoms with Crippen LogP contribution in [0.25, 0.3) is 11.5 Å². The maximum absolute atomic E-state index is 14.0. The van der Waals surface area contributed by atoms with Crippen molar-refractivity contribution in [3.63, 3.8) is 0 Å². The number of carbonyl (C=O) groups is 1. The number of nitrogens with one attached hydrogen (secondary N) is 1. The van der Waals surface area contributed by atoms with Gasteiger partial charge in [-0.1, -0.05) is 60.7 Å². The van der Waals surface area contributed by atoms with Gasteiger partial charge in [0.1, 0.15) is 5.82 Å². The van der Waals surface area contributed by atoms with Crippen LogP contribution in [0, 0.1) is 6.92 Å². The van der Waals surface area contributed by atoms with Crippen molar-refractivity contribution in [2.75, 3.05) is 19.0 Å². The number of rotatable bonds is 5. The lowest BCUT2D eigenvalue weighted by molar-refractivity contribution is 0.180. The van der Waals surface area contributed by atoms with E-state index in [9.17, 15) is 4.79 Å². The van der Waals surface area contributed by atoms with Crippen LogP contribution in [0.15, 0.2) is 103 Å². The van der Waals surface area contributed by atoms with Crippen LogP contribution in [0.2, 0.25) is 0 Å². The third-order valence-corrected chi connectivity index (χ3v) is 7.36. The molecule has 1 N–H and O–H groups in total. The number of carbonyl (C=O) groups excluding carboxylic acids is 1. The molecule has 0 fully saturated rings. The molecule has 7 nitrogen and oxygen atoms in total. The summed E-state index contributed by atoms with van der Waals surface area (Å²) in [5.41, 5.74) is 7.15. The van der Waals surface area contributed by atoms with Gasteiger partial charge in [-0.05, 0) is 54.4 Å². The number of anilines is 1. The zero-order valence-electron chi connectivity index (χ0n) is 22.5. The van der Waals surface area contributed by atoms with Crippen LogP contribution >= 0.6 is 0 Å². The van der Waals surface area contributed by atoms with Crippen molar-refractivity contribution in [3.8, 4) is 11.5 Å². The summed E-state index contributed by atoms with van der Waals surface area (Å²) < 4.78 is 4.18. The Hall–Kier alpha value is -4.78. The van der Waals surface area contributed by atoms with Crippen molar-refractivity contribution in [3.05, 3.63) is 131 Å². The van der Waals surface area contributed by atoms with E-state index in [0.717, 1.165) is 45.3 Å². The highest BCUT2D eigenvalue weighted by molar-refractivity contribution is 5.76. The van der Waals surface area contributed by atoms with Gasteiger partial charge in [0.05, 0.1) is 29.7 Å². The molecule has 1 aliphatic rings. The Bertz CT molecular complexity index is 1590. The van der Waals surface area contributed by atoms with Crippen LogP contribution in [-0.4, -0.2) is 39.4 Å². The average molecular weight is 517 g/mol. The second kappa shape index (κ2) is 10.2. The summed E-state index contributed by atoms with van der Waals surface area (Å²) in [4.78, 5) is 18.0. The van der Waals surface area contributed by atoms with E-state index in [1.165, 1.54) is 0 Å². The lowest BCUT2D eigenvalue weighted by Gasteiger charge is -2.31. The number of fused-ring (bicyclic) bond motifs is 3. The molecular formula is C32H32N6O. The van der Waals surface area contributed by atoms with Gasteiger partial charge in [0.2, 0.25) is 0 Å². The lowest BCUT2D eigenvalue weighted by Crippen LogP contribution is -2.41. The predicted molar refractivity (Wildman–Crippen MR) is 154 cm³/mol. The van der Waals surface area contributed by atoms with Crippen molar-refractivity contribution in [1.82, 2.24) is 24.6 Å². The molecule has 39 heavy (non-hydrogen) atoms. The molecule has 0 aliphatic carbocycles. The molecular weight excluding hydrogens is 484 g/mol. The predicted octanol–water partition coefficient (Wildman–Crippen LogP) is 5.85. The zero-order valence-corrected chi connectivity index (χ0v) is 22.5. The van der Waals surface area contributed by atoms with Crippen LogP contribution in [0.3, 0.4) is 0 Å². The second-order valence-corrected chi connectivity index (χ2v) is 10.1. The van der Waals surface area contributed by atoms with Crippen LogP contribution in [0.5, 0.6) is 0 Å². The first-order valence-electron chi connectivity index (χ1n) is 13.2. The van der Waals surface area contributed by atoms with Crippen molar-refractivity contribution >= 4 is 11.7 Å². The standard InChI is InChI=1S/C32H32N6O/c1-23-28-22-37(32(39)33-21-24-11-6-4-7-12-24)30(25-16-18-26(19-17-25)35(2)3)29-15-10-20-36(29)31(28)38(34-23)27-13-8-5-9-14-27/h4-20,30H,21-22H2,1-3H3,(H,33,39)/t30-/m0/s1. The highest BCUT2D eigenvalue weighted by Gasteiger charge is 2.35. The van der Waals surface area contributed by atoms with Crippen LogP contribution in [0.1, 0.15) is 34.1 Å². The van der Waals surface area contributed by atoms with Crippen molar-refractivity contribution in [1.29, 1.82) is 0 Å². The topological polar surface area (TPSA) is 58.3 Å². The third-order valence-electron chi connectivity index (χ3n) is 7.36. The average Bonchev–Trinajstić information content (AvgIpc) is 3.53. The van der Waals surface area contributed by atoms with Crippen molar-refractivity contribution in [2.45, 2.75) is 26.1 Å². The quantitative estimate of drug-likeness (QED) is 0.319. The smallest absolute Gasteiger partial charge is 0.318 e. The summed E-state index contributed by atoms with van der Waals surface area (Å²) in [5.74, 6) is 0.965. The fourth-order valence-corrected chi connectivity index (χ4v) is 5.33.